The molecule has 0 aliphatic rings. The highest BCUT2D eigenvalue weighted by molar-refractivity contribution is 14.1. The van der Waals surface area contributed by atoms with Crippen LogP contribution < -0.4 is 5.32 Å². The Balaban J connectivity index is 2.54. The van der Waals surface area contributed by atoms with Crippen LogP contribution >= 0.6 is 90.4 Å². The van der Waals surface area contributed by atoms with Crippen molar-refractivity contribution in [1.29, 1.82) is 0 Å². The number of amides is 1. The molecule has 6 nitrogen and oxygen atoms in total. The lowest BCUT2D eigenvalue weighted by molar-refractivity contribution is 0.0696. The van der Waals surface area contributed by atoms with Crippen LogP contribution in [0.2, 0.25) is 0 Å². The summed E-state index contributed by atoms with van der Waals surface area (Å²) >= 11 is 8.19. The Morgan fingerprint density at radius 2 is 1.24 bits per heavy atom. The smallest absolute Gasteiger partial charge is 0.337 e. The Hall–Kier alpha value is -0.230. The van der Waals surface area contributed by atoms with Gasteiger partial charge in [-0.3, -0.25) is 4.79 Å². The fourth-order valence-electron chi connectivity index (χ4n) is 1.95. The number of carbonyl (C=O) groups is 3. The molecule has 0 spiro atoms. The normalized spacial score (nSPS) is 10.4. The minimum Gasteiger partial charge on any atom is -0.478 e. The van der Waals surface area contributed by atoms with Crippen LogP contribution in [0.4, 0.5) is 5.69 Å². The van der Waals surface area contributed by atoms with E-state index in [1.165, 1.54) is 12.1 Å². The van der Waals surface area contributed by atoms with Gasteiger partial charge in [-0.05, 0) is 115 Å². The second-order valence-corrected chi connectivity index (χ2v) is 9.34. The molecule has 0 fully saturated rings. The largest absolute Gasteiger partial charge is 0.478 e. The van der Waals surface area contributed by atoms with Crippen molar-refractivity contribution in [3.05, 3.63) is 55.2 Å². The molecule has 0 aliphatic carbocycles. The highest BCUT2D eigenvalue weighted by Crippen LogP contribution is 2.27. The van der Waals surface area contributed by atoms with E-state index in [1.807, 2.05) is 22.6 Å². The van der Waals surface area contributed by atoms with E-state index in [9.17, 15) is 24.6 Å². The summed E-state index contributed by atoms with van der Waals surface area (Å²) in [7, 11) is 0. The highest BCUT2D eigenvalue weighted by atomic mass is 127. The van der Waals surface area contributed by atoms with Crippen molar-refractivity contribution in [3.8, 4) is 0 Å². The van der Waals surface area contributed by atoms with Gasteiger partial charge in [-0.25, -0.2) is 9.59 Å². The lowest BCUT2D eigenvalue weighted by Gasteiger charge is -2.13. The number of nitrogens with one attached hydrogen (secondary N) is 1. The molecule has 0 aliphatic heterocycles. The van der Waals surface area contributed by atoms with Crippen molar-refractivity contribution in [2.75, 3.05) is 5.32 Å². The minimum atomic E-state index is -1.32. The van der Waals surface area contributed by atoms with Crippen molar-refractivity contribution in [3.63, 3.8) is 0 Å². The standard InChI is InChI=1S/C15H7I4NO5/c16-6-3-7(14(22)23)12(8(4-6)15(24)25)20-13(21)5-1-9(17)11(19)10(18)2-5/h1-4H,(H,20,21)(H,22,23)(H,24,25). The Kier molecular flexibility index (Phi) is 7.28. The SMILES string of the molecule is O=C(Nc1c(C(=O)O)cc(I)cc1C(=O)O)c1cc(I)c(I)c(I)c1. The predicted octanol–water partition coefficient (Wildman–Crippen LogP) is 4.75. The van der Waals surface area contributed by atoms with Crippen LogP contribution in [0.25, 0.3) is 0 Å². The maximum Gasteiger partial charge on any atom is 0.337 e. The van der Waals surface area contributed by atoms with E-state index in [4.69, 9.17) is 0 Å². The fraction of sp³-hybridized carbons (Fsp3) is 0. The number of hydrogen-bond donors (Lipinski definition) is 3. The predicted molar refractivity (Wildman–Crippen MR) is 126 cm³/mol. The number of carboxylic acid groups (broad SMARTS) is 2. The molecule has 0 unspecified atom stereocenters. The van der Waals surface area contributed by atoms with E-state index in [0.29, 0.717) is 9.13 Å². The molecule has 0 radical (unpaired) electrons. The van der Waals surface area contributed by atoms with Crippen LogP contribution in [0.3, 0.4) is 0 Å². The molecule has 130 valence electrons. The average Bonchev–Trinajstić information content (AvgIpc) is 2.52. The summed E-state index contributed by atoms with van der Waals surface area (Å²) in [6.45, 7) is 0. The molecule has 10 heteroatoms. The van der Waals surface area contributed by atoms with Crippen molar-refractivity contribution < 1.29 is 24.6 Å². The monoisotopic (exact) mass is 789 g/mol. The van der Waals surface area contributed by atoms with Gasteiger partial charge in [-0.1, -0.05) is 0 Å². The van der Waals surface area contributed by atoms with Gasteiger partial charge >= 0.3 is 11.9 Å². The van der Waals surface area contributed by atoms with Crippen molar-refractivity contribution in [2.24, 2.45) is 0 Å². The quantitative estimate of drug-likeness (QED) is 0.307. The molecular formula is C15H7I4NO5. The zero-order valence-electron chi connectivity index (χ0n) is 11.9. The van der Waals surface area contributed by atoms with E-state index >= 15 is 0 Å². The first-order chi connectivity index (χ1) is 11.6. The van der Waals surface area contributed by atoms with E-state index in [-0.39, 0.29) is 16.8 Å². The summed E-state index contributed by atoms with van der Waals surface area (Å²) in [5, 5.41) is 21.2. The highest BCUT2D eigenvalue weighted by Gasteiger charge is 2.22. The van der Waals surface area contributed by atoms with E-state index in [2.05, 4.69) is 73.1 Å². The van der Waals surface area contributed by atoms with E-state index in [1.54, 1.807) is 12.1 Å². The van der Waals surface area contributed by atoms with Crippen molar-refractivity contribution in [1.82, 2.24) is 0 Å². The van der Waals surface area contributed by atoms with Gasteiger partial charge in [0.2, 0.25) is 0 Å². The van der Waals surface area contributed by atoms with Crippen LogP contribution in [0.15, 0.2) is 24.3 Å². The molecule has 0 atom stereocenters. The molecule has 25 heavy (non-hydrogen) atoms. The van der Waals surface area contributed by atoms with Crippen LogP contribution in [0, 0.1) is 14.3 Å². The van der Waals surface area contributed by atoms with Gasteiger partial charge in [0.05, 0.1) is 16.8 Å². The van der Waals surface area contributed by atoms with Gasteiger partial charge in [-0.2, -0.15) is 0 Å². The third-order valence-electron chi connectivity index (χ3n) is 3.05. The number of carbonyl (C=O) groups excluding carboxylic acids is 1. The van der Waals surface area contributed by atoms with Crippen LogP contribution in [-0.4, -0.2) is 28.1 Å². The van der Waals surface area contributed by atoms with Crippen LogP contribution in [-0.2, 0) is 0 Å². The molecule has 3 N–H and O–H groups in total. The second kappa shape index (κ2) is 8.64. The van der Waals surface area contributed by atoms with Gasteiger partial charge < -0.3 is 15.5 Å². The van der Waals surface area contributed by atoms with Gasteiger partial charge in [0, 0.05) is 19.8 Å². The molecule has 0 saturated carbocycles. The number of rotatable bonds is 4. The summed E-state index contributed by atoms with van der Waals surface area (Å²) in [4.78, 5) is 35.5. The zero-order chi connectivity index (χ0) is 18.9. The van der Waals surface area contributed by atoms with Gasteiger partial charge in [0.25, 0.3) is 5.91 Å². The molecule has 0 bridgehead atoms. The van der Waals surface area contributed by atoms with E-state index in [0.717, 1.165) is 10.7 Å². The average molecular weight is 789 g/mol. The number of carboxylic acids is 2. The Morgan fingerprint density at radius 1 is 0.800 bits per heavy atom. The number of halogens is 4. The van der Waals surface area contributed by atoms with Crippen LogP contribution in [0.5, 0.6) is 0 Å². The topological polar surface area (TPSA) is 104 Å². The molecule has 1 amide bonds. The Bertz CT molecular complexity index is 855. The lowest BCUT2D eigenvalue weighted by atomic mass is 10.1. The third-order valence-corrected chi connectivity index (χ3v) is 8.60. The molecule has 0 aromatic heterocycles. The number of anilines is 1. The third kappa shape index (κ3) is 4.94. The first kappa shape index (κ1) is 21.1. The number of benzene rings is 2. The second-order valence-electron chi connectivity index (χ2n) is 4.69. The molecule has 2 rings (SSSR count). The van der Waals surface area contributed by atoms with Gasteiger partial charge in [-0.15, -0.1) is 0 Å². The number of aromatic carboxylic acids is 2. The maximum absolute atomic E-state index is 12.6. The minimum absolute atomic E-state index is 0.228. The number of hydrogen-bond acceptors (Lipinski definition) is 3. The fourth-order valence-corrected chi connectivity index (χ4v) is 4.65. The Labute approximate surface area is 196 Å². The van der Waals surface area contributed by atoms with Crippen LogP contribution in [0.1, 0.15) is 31.1 Å². The van der Waals surface area contributed by atoms with Crippen molar-refractivity contribution >= 4 is 114 Å². The molecule has 2 aromatic rings. The lowest BCUT2D eigenvalue weighted by Crippen LogP contribution is -2.19. The molecule has 2 aromatic carbocycles. The maximum atomic E-state index is 12.6. The molecular weight excluding hydrogens is 782 g/mol. The van der Waals surface area contributed by atoms with Crippen molar-refractivity contribution in [2.45, 2.75) is 0 Å². The summed E-state index contributed by atoms with van der Waals surface area (Å²) < 4.78 is 3.19. The van der Waals surface area contributed by atoms with Gasteiger partial charge in [0.15, 0.2) is 0 Å². The molecule has 0 saturated heterocycles. The summed E-state index contributed by atoms with van der Waals surface area (Å²) in [6, 6.07) is 5.94. The zero-order valence-corrected chi connectivity index (χ0v) is 20.6. The first-order valence-corrected chi connectivity index (χ1v) is 10.7. The summed E-state index contributed by atoms with van der Waals surface area (Å²) in [6.07, 6.45) is 0. The summed E-state index contributed by atoms with van der Waals surface area (Å²) in [5.74, 6) is -3.20. The molecule has 0 heterocycles. The summed E-state index contributed by atoms with van der Waals surface area (Å²) in [5.41, 5.74) is -0.450. The van der Waals surface area contributed by atoms with E-state index < -0.39 is 17.8 Å². The Morgan fingerprint density at radius 3 is 1.64 bits per heavy atom. The van der Waals surface area contributed by atoms with Gasteiger partial charge in [0.1, 0.15) is 0 Å². The first-order valence-electron chi connectivity index (χ1n) is 6.37.